The molecule has 0 saturated heterocycles. The number of hydrogen-bond donors (Lipinski definition) is 1. The number of carbonyl (C=O) groups excluding carboxylic acids is 2. The number of imidazole rings is 1. The van der Waals surface area contributed by atoms with E-state index in [9.17, 15) is 9.59 Å². The van der Waals surface area contributed by atoms with Gasteiger partial charge in [-0.25, -0.2) is 4.98 Å². The predicted octanol–water partition coefficient (Wildman–Crippen LogP) is 4.57. The number of rotatable bonds is 6. The molecule has 5 nitrogen and oxygen atoms in total. The molecule has 1 fully saturated rings. The minimum atomic E-state index is -0.0922. The molecule has 5 heteroatoms. The number of ketones is 1. The van der Waals surface area contributed by atoms with E-state index in [1.54, 1.807) is 28.8 Å². The number of nitrogens with zero attached hydrogens (tertiary/aromatic N) is 2. The molecule has 2 aromatic heterocycles. The van der Waals surface area contributed by atoms with E-state index in [0.29, 0.717) is 23.4 Å². The summed E-state index contributed by atoms with van der Waals surface area (Å²) in [7, 11) is 0. The van der Waals surface area contributed by atoms with Gasteiger partial charge in [0.05, 0.1) is 6.20 Å². The lowest BCUT2D eigenvalue weighted by Gasteiger charge is -2.21. The van der Waals surface area contributed by atoms with Gasteiger partial charge in [0.1, 0.15) is 11.3 Å². The van der Waals surface area contributed by atoms with Crippen molar-refractivity contribution in [3.05, 3.63) is 71.2 Å². The van der Waals surface area contributed by atoms with Crippen LogP contribution in [0.15, 0.2) is 48.8 Å². The van der Waals surface area contributed by atoms with Gasteiger partial charge in [0.15, 0.2) is 0 Å². The molecule has 0 radical (unpaired) electrons. The molecule has 1 aliphatic carbocycles. The van der Waals surface area contributed by atoms with Crippen molar-refractivity contribution in [2.45, 2.75) is 45.4 Å². The van der Waals surface area contributed by atoms with Crippen LogP contribution in [-0.2, 0) is 0 Å². The van der Waals surface area contributed by atoms with E-state index in [4.69, 9.17) is 0 Å². The van der Waals surface area contributed by atoms with Crippen LogP contribution in [0.5, 0.6) is 0 Å². The molecule has 0 unspecified atom stereocenters. The zero-order valence-corrected chi connectivity index (χ0v) is 16.9. The predicted molar refractivity (Wildman–Crippen MR) is 113 cm³/mol. The Hall–Kier alpha value is -2.95. The number of carbonyl (C=O) groups is 2. The third-order valence-corrected chi connectivity index (χ3v) is 5.95. The van der Waals surface area contributed by atoms with Crippen molar-refractivity contribution < 1.29 is 9.59 Å². The van der Waals surface area contributed by atoms with Gasteiger partial charge in [-0.05, 0) is 55.2 Å². The number of aromatic nitrogens is 2. The second kappa shape index (κ2) is 8.60. The van der Waals surface area contributed by atoms with Crippen molar-refractivity contribution in [1.82, 2.24) is 14.7 Å². The van der Waals surface area contributed by atoms with E-state index in [1.807, 2.05) is 31.3 Å². The van der Waals surface area contributed by atoms with E-state index < -0.39 is 0 Å². The van der Waals surface area contributed by atoms with Crippen LogP contribution in [0, 0.1) is 12.8 Å². The van der Waals surface area contributed by atoms with Gasteiger partial charge in [0, 0.05) is 23.9 Å². The number of benzene rings is 1. The molecule has 1 N–H and O–H groups in total. The SMILES string of the molecule is Cc1cc(C(=O)NCCC2CCCCC2)ccc1C(=O)c1cnc2ccccn12. The highest BCUT2D eigenvalue weighted by Crippen LogP contribution is 2.25. The Morgan fingerprint density at radius 2 is 1.97 bits per heavy atom. The van der Waals surface area contributed by atoms with Crippen LogP contribution in [0.2, 0.25) is 0 Å². The standard InChI is InChI=1S/C24H27N3O2/c1-17-15-19(24(29)25-13-12-18-7-3-2-4-8-18)10-11-20(17)23(28)21-16-26-22-9-5-6-14-27(21)22/h5-6,9-11,14-16,18H,2-4,7-8,12-13H2,1H3,(H,25,29). The van der Waals surface area contributed by atoms with E-state index in [1.165, 1.54) is 32.1 Å². The normalized spacial score (nSPS) is 14.8. The summed E-state index contributed by atoms with van der Waals surface area (Å²) in [6, 6.07) is 10.9. The molecule has 1 saturated carbocycles. The Labute approximate surface area is 171 Å². The molecular weight excluding hydrogens is 362 g/mol. The monoisotopic (exact) mass is 389 g/mol. The molecule has 0 spiro atoms. The summed E-state index contributed by atoms with van der Waals surface area (Å²) in [5, 5.41) is 3.04. The zero-order chi connectivity index (χ0) is 20.2. The molecule has 4 rings (SSSR count). The molecule has 29 heavy (non-hydrogen) atoms. The number of pyridine rings is 1. The first-order valence-electron chi connectivity index (χ1n) is 10.5. The highest BCUT2D eigenvalue weighted by atomic mass is 16.1. The van der Waals surface area contributed by atoms with Crippen molar-refractivity contribution in [3.8, 4) is 0 Å². The van der Waals surface area contributed by atoms with Gasteiger partial charge >= 0.3 is 0 Å². The van der Waals surface area contributed by atoms with Gasteiger partial charge in [-0.15, -0.1) is 0 Å². The lowest BCUT2D eigenvalue weighted by molar-refractivity contribution is 0.0948. The first kappa shape index (κ1) is 19.4. The Bertz CT molecular complexity index is 1030. The van der Waals surface area contributed by atoms with Gasteiger partial charge in [-0.2, -0.15) is 0 Å². The summed E-state index contributed by atoms with van der Waals surface area (Å²) in [4.78, 5) is 29.8. The maximum absolute atomic E-state index is 13.0. The van der Waals surface area contributed by atoms with Crippen molar-refractivity contribution in [2.24, 2.45) is 5.92 Å². The smallest absolute Gasteiger partial charge is 0.251 e. The highest BCUT2D eigenvalue weighted by molar-refractivity contribution is 6.09. The molecule has 1 amide bonds. The third kappa shape index (κ3) is 4.24. The van der Waals surface area contributed by atoms with Crippen LogP contribution < -0.4 is 5.32 Å². The first-order valence-corrected chi connectivity index (χ1v) is 10.5. The third-order valence-electron chi connectivity index (χ3n) is 5.95. The molecular formula is C24H27N3O2. The number of fused-ring (bicyclic) bond motifs is 1. The second-order valence-corrected chi connectivity index (χ2v) is 7.98. The van der Waals surface area contributed by atoms with Crippen LogP contribution in [0.25, 0.3) is 5.65 Å². The highest BCUT2D eigenvalue weighted by Gasteiger charge is 2.18. The Balaban J connectivity index is 1.43. The topological polar surface area (TPSA) is 63.5 Å². The van der Waals surface area contributed by atoms with Crippen LogP contribution >= 0.6 is 0 Å². The summed E-state index contributed by atoms with van der Waals surface area (Å²) >= 11 is 0. The van der Waals surface area contributed by atoms with Gasteiger partial charge in [-0.3, -0.25) is 14.0 Å². The van der Waals surface area contributed by atoms with E-state index >= 15 is 0 Å². The zero-order valence-electron chi connectivity index (χ0n) is 16.9. The van der Waals surface area contributed by atoms with Gasteiger partial charge in [0.25, 0.3) is 5.91 Å². The molecule has 0 aliphatic heterocycles. The molecule has 2 heterocycles. The van der Waals surface area contributed by atoms with Gasteiger partial charge in [0.2, 0.25) is 5.78 Å². The van der Waals surface area contributed by atoms with Gasteiger partial charge in [-0.1, -0.05) is 38.2 Å². The van der Waals surface area contributed by atoms with Crippen molar-refractivity contribution in [1.29, 1.82) is 0 Å². The number of hydrogen-bond acceptors (Lipinski definition) is 3. The van der Waals surface area contributed by atoms with Crippen LogP contribution in [-0.4, -0.2) is 27.6 Å². The largest absolute Gasteiger partial charge is 0.352 e. The summed E-state index contributed by atoms with van der Waals surface area (Å²) in [6.45, 7) is 2.58. The molecule has 0 atom stereocenters. The lowest BCUT2D eigenvalue weighted by Crippen LogP contribution is -2.26. The molecule has 3 aromatic rings. The first-order chi connectivity index (χ1) is 14.1. The average molecular weight is 389 g/mol. The molecule has 150 valence electrons. The van der Waals surface area contributed by atoms with Crippen LogP contribution in [0.3, 0.4) is 0 Å². The number of nitrogens with one attached hydrogen (secondary N) is 1. The molecule has 0 bridgehead atoms. The second-order valence-electron chi connectivity index (χ2n) is 7.98. The number of aryl methyl sites for hydroxylation is 1. The minimum Gasteiger partial charge on any atom is -0.352 e. The van der Waals surface area contributed by atoms with Crippen molar-refractivity contribution in [3.63, 3.8) is 0 Å². The minimum absolute atomic E-state index is 0.0716. The summed E-state index contributed by atoms with van der Waals surface area (Å²) < 4.78 is 1.79. The summed E-state index contributed by atoms with van der Waals surface area (Å²) in [5.74, 6) is 0.583. The maximum atomic E-state index is 13.0. The van der Waals surface area contributed by atoms with Crippen molar-refractivity contribution in [2.75, 3.05) is 6.54 Å². The Kier molecular flexibility index (Phi) is 5.74. The number of amides is 1. The summed E-state index contributed by atoms with van der Waals surface area (Å²) in [6.07, 6.45) is 11.0. The molecule has 1 aliphatic rings. The van der Waals surface area contributed by atoms with Crippen LogP contribution in [0.4, 0.5) is 0 Å². The van der Waals surface area contributed by atoms with E-state index in [-0.39, 0.29) is 11.7 Å². The fourth-order valence-electron chi connectivity index (χ4n) is 4.27. The van der Waals surface area contributed by atoms with Crippen LogP contribution in [0.1, 0.15) is 70.5 Å². The van der Waals surface area contributed by atoms with E-state index in [0.717, 1.165) is 23.5 Å². The van der Waals surface area contributed by atoms with Crippen molar-refractivity contribution >= 4 is 17.3 Å². The average Bonchev–Trinajstić information content (AvgIpc) is 3.18. The van der Waals surface area contributed by atoms with Gasteiger partial charge < -0.3 is 5.32 Å². The fraction of sp³-hybridized carbons (Fsp3) is 0.375. The molecule has 1 aromatic carbocycles. The maximum Gasteiger partial charge on any atom is 0.251 e. The quantitative estimate of drug-likeness (QED) is 0.628. The van der Waals surface area contributed by atoms with E-state index in [2.05, 4.69) is 10.3 Å². The Morgan fingerprint density at radius 1 is 1.14 bits per heavy atom. The lowest BCUT2D eigenvalue weighted by atomic mass is 9.87. The fourth-order valence-corrected chi connectivity index (χ4v) is 4.27. The summed E-state index contributed by atoms with van der Waals surface area (Å²) in [5.41, 5.74) is 3.24. The Morgan fingerprint density at radius 3 is 2.76 bits per heavy atom.